The maximum Gasteiger partial charge on any atom is 0.328 e. The predicted molar refractivity (Wildman–Crippen MR) is 59.7 cm³/mol. The summed E-state index contributed by atoms with van der Waals surface area (Å²) in [6.07, 6.45) is 1.43. The first-order valence-electron chi connectivity index (χ1n) is 4.97. The van der Waals surface area contributed by atoms with Crippen LogP contribution in [-0.4, -0.2) is 37.1 Å². The van der Waals surface area contributed by atoms with Gasteiger partial charge in [0.2, 0.25) is 0 Å². The number of pyridine rings is 1. The topological polar surface area (TPSA) is 77.5 Å². The summed E-state index contributed by atoms with van der Waals surface area (Å²) < 4.78 is 9.41. The Bertz CT molecular complexity index is 402. The van der Waals surface area contributed by atoms with E-state index in [1.165, 1.54) is 33.4 Å². The Labute approximate surface area is 98.9 Å². The van der Waals surface area contributed by atoms with Gasteiger partial charge in [-0.2, -0.15) is 0 Å². The van der Waals surface area contributed by atoms with Gasteiger partial charge in [0, 0.05) is 0 Å². The standard InChI is InChI=1S/C11H14N2O4/c1-7(11(15)17-3)13-10(14)9-5-4-8(16-2)6-12-9/h4-7H,1-3H3,(H,13,14)/t7-/m0/s1. The van der Waals surface area contributed by atoms with Crippen LogP contribution in [0.1, 0.15) is 17.4 Å². The molecule has 0 radical (unpaired) electrons. The highest BCUT2D eigenvalue weighted by molar-refractivity contribution is 5.95. The van der Waals surface area contributed by atoms with Gasteiger partial charge in [-0.05, 0) is 19.1 Å². The van der Waals surface area contributed by atoms with Crippen molar-refractivity contribution in [3.8, 4) is 5.75 Å². The van der Waals surface area contributed by atoms with Gasteiger partial charge < -0.3 is 14.8 Å². The van der Waals surface area contributed by atoms with Crippen molar-refractivity contribution in [1.29, 1.82) is 0 Å². The fourth-order valence-electron chi connectivity index (χ4n) is 1.14. The molecule has 0 aromatic carbocycles. The molecule has 1 atom stereocenters. The molecule has 1 aromatic heterocycles. The highest BCUT2D eigenvalue weighted by Crippen LogP contribution is 2.07. The number of hydrogen-bond donors (Lipinski definition) is 1. The summed E-state index contributed by atoms with van der Waals surface area (Å²) in [4.78, 5) is 26.7. The second-order valence-electron chi connectivity index (χ2n) is 3.30. The molecule has 0 aliphatic carbocycles. The van der Waals surface area contributed by atoms with Crippen LogP contribution in [0, 0.1) is 0 Å². The van der Waals surface area contributed by atoms with E-state index in [9.17, 15) is 9.59 Å². The molecule has 0 aliphatic rings. The van der Waals surface area contributed by atoms with E-state index in [1.807, 2.05) is 0 Å². The van der Waals surface area contributed by atoms with Crippen LogP contribution < -0.4 is 10.1 Å². The Hall–Kier alpha value is -2.11. The van der Waals surface area contributed by atoms with E-state index in [2.05, 4.69) is 15.0 Å². The van der Waals surface area contributed by atoms with Gasteiger partial charge in [0.25, 0.3) is 5.91 Å². The van der Waals surface area contributed by atoms with Crippen LogP contribution in [0.5, 0.6) is 5.75 Å². The summed E-state index contributed by atoms with van der Waals surface area (Å²) in [5, 5.41) is 2.47. The molecule has 1 aromatic rings. The smallest absolute Gasteiger partial charge is 0.328 e. The average molecular weight is 238 g/mol. The zero-order valence-corrected chi connectivity index (χ0v) is 9.89. The van der Waals surface area contributed by atoms with Crippen molar-refractivity contribution in [3.05, 3.63) is 24.0 Å². The quantitative estimate of drug-likeness (QED) is 0.767. The van der Waals surface area contributed by atoms with E-state index in [1.54, 1.807) is 6.07 Å². The molecule has 0 bridgehead atoms. The van der Waals surface area contributed by atoms with Crippen LogP contribution in [0.25, 0.3) is 0 Å². The first-order chi connectivity index (χ1) is 8.08. The number of hydrogen-bond acceptors (Lipinski definition) is 5. The Balaban J connectivity index is 2.66. The number of rotatable bonds is 4. The molecule has 1 heterocycles. The van der Waals surface area contributed by atoms with Crippen molar-refractivity contribution in [1.82, 2.24) is 10.3 Å². The summed E-state index contributed by atoms with van der Waals surface area (Å²) in [6.45, 7) is 1.53. The van der Waals surface area contributed by atoms with Crippen LogP contribution in [0.4, 0.5) is 0 Å². The number of nitrogens with one attached hydrogen (secondary N) is 1. The Morgan fingerprint density at radius 1 is 1.35 bits per heavy atom. The average Bonchev–Trinajstić information content (AvgIpc) is 2.37. The molecule has 0 saturated carbocycles. The van der Waals surface area contributed by atoms with Crippen LogP contribution in [-0.2, 0) is 9.53 Å². The molecule has 1 rings (SSSR count). The second kappa shape index (κ2) is 5.83. The van der Waals surface area contributed by atoms with Gasteiger partial charge in [-0.1, -0.05) is 0 Å². The lowest BCUT2D eigenvalue weighted by Gasteiger charge is -2.10. The van der Waals surface area contributed by atoms with Gasteiger partial charge in [0.15, 0.2) is 0 Å². The van der Waals surface area contributed by atoms with Gasteiger partial charge in [-0.15, -0.1) is 0 Å². The maximum atomic E-state index is 11.7. The van der Waals surface area contributed by atoms with Crippen molar-refractivity contribution in [3.63, 3.8) is 0 Å². The Morgan fingerprint density at radius 3 is 2.53 bits per heavy atom. The number of nitrogens with zero attached hydrogens (tertiary/aromatic N) is 1. The third-order valence-electron chi connectivity index (χ3n) is 2.11. The van der Waals surface area contributed by atoms with Crippen molar-refractivity contribution in [2.24, 2.45) is 0 Å². The molecule has 0 saturated heterocycles. The SMILES string of the molecule is COC(=O)[C@H](C)NC(=O)c1ccc(OC)cn1. The lowest BCUT2D eigenvalue weighted by molar-refractivity contribution is -0.142. The van der Waals surface area contributed by atoms with Crippen molar-refractivity contribution < 1.29 is 19.1 Å². The number of ether oxygens (including phenoxy) is 2. The van der Waals surface area contributed by atoms with Crippen LogP contribution in [0.2, 0.25) is 0 Å². The Morgan fingerprint density at radius 2 is 2.06 bits per heavy atom. The number of amides is 1. The Kier molecular flexibility index (Phi) is 4.45. The summed E-state index contributed by atoms with van der Waals surface area (Å²) >= 11 is 0. The number of carbonyl (C=O) groups excluding carboxylic acids is 2. The van der Waals surface area contributed by atoms with E-state index >= 15 is 0 Å². The molecule has 1 N–H and O–H groups in total. The van der Waals surface area contributed by atoms with E-state index in [4.69, 9.17) is 4.74 Å². The van der Waals surface area contributed by atoms with E-state index < -0.39 is 17.9 Å². The van der Waals surface area contributed by atoms with Gasteiger partial charge in [-0.3, -0.25) is 4.79 Å². The monoisotopic (exact) mass is 238 g/mol. The zero-order valence-electron chi connectivity index (χ0n) is 9.89. The minimum atomic E-state index is -0.712. The summed E-state index contributed by atoms with van der Waals surface area (Å²) in [6, 6.07) is 2.42. The minimum Gasteiger partial charge on any atom is -0.495 e. The van der Waals surface area contributed by atoms with E-state index in [-0.39, 0.29) is 5.69 Å². The molecule has 0 aliphatic heterocycles. The van der Waals surface area contributed by atoms with Crippen LogP contribution >= 0.6 is 0 Å². The largest absolute Gasteiger partial charge is 0.495 e. The zero-order chi connectivity index (χ0) is 12.8. The fraction of sp³-hybridized carbons (Fsp3) is 0.364. The molecule has 1 amide bonds. The van der Waals surface area contributed by atoms with Gasteiger partial charge >= 0.3 is 5.97 Å². The fourth-order valence-corrected chi connectivity index (χ4v) is 1.14. The second-order valence-corrected chi connectivity index (χ2v) is 3.30. The van der Waals surface area contributed by atoms with Gasteiger partial charge in [-0.25, -0.2) is 9.78 Å². The third kappa shape index (κ3) is 3.44. The summed E-state index contributed by atoms with van der Waals surface area (Å²) in [5.74, 6) is -0.389. The summed E-state index contributed by atoms with van der Waals surface area (Å²) in [5.41, 5.74) is 0.210. The van der Waals surface area contributed by atoms with Crippen LogP contribution in [0.3, 0.4) is 0 Å². The van der Waals surface area contributed by atoms with Gasteiger partial charge in [0.1, 0.15) is 17.5 Å². The molecule has 92 valence electrons. The first-order valence-corrected chi connectivity index (χ1v) is 4.97. The molecular weight excluding hydrogens is 224 g/mol. The highest BCUT2D eigenvalue weighted by Gasteiger charge is 2.17. The molecule has 6 nitrogen and oxygen atoms in total. The molecule has 0 fully saturated rings. The molecule has 17 heavy (non-hydrogen) atoms. The molecule has 6 heteroatoms. The normalized spacial score (nSPS) is 11.5. The number of esters is 1. The third-order valence-corrected chi connectivity index (χ3v) is 2.11. The van der Waals surface area contributed by atoms with Crippen LogP contribution in [0.15, 0.2) is 18.3 Å². The number of carbonyl (C=O) groups is 2. The minimum absolute atomic E-state index is 0.210. The van der Waals surface area contributed by atoms with E-state index in [0.29, 0.717) is 5.75 Å². The molecular formula is C11H14N2O4. The maximum absolute atomic E-state index is 11.7. The predicted octanol–water partition coefficient (Wildman–Crippen LogP) is 0.381. The lowest BCUT2D eigenvalue weighted by Crippen LogP contribution is -2.39. The highest BCUT2D eigenvalue weighted by atomic mass is 16.5. The summed E-state index contributed by atoms with van der Waals surface area (Å²) in [7, 11) is 2.77. The van der Waals surface area contributed by atoms with Crippen molar-refractivity contribution in [2.75, 3.05) is 14.2 Å². The number of methoxy groups -OCH3 is 2. The lowest BCUT2D eigenvalue weighted by atomic mass is 10.3. The van der Waals surface area contributed by atoms with Crippen molar-refractivity contribution in [2.45, 2.75) is 13.0 Å². The van der Waals surface area contributed by atoms with Crippen molar-refractivity contribution >= 4 is 11.9 Å². The number of aromatic nitrogens is 1. The molecule has 0 unspecified atom stereocenters. The van der Waals surface area contributed by atoms with E-state index in [0.717, 1.165) is 0 Å². The molecule has 0 spiro atoms. The van der Waals surface area contributed by atoms with Gasteiger partial charge in [0.05, 0.1) is 20.4 Å². The first kappa shape index (κ1) is 13.0.